The van der Waals surface area contributed by atoms with E-state index in [-0.39, 0.29) is 17.2 Å². The molecule has 0 atom stereocenters. The first-order valence-corrected chi connectivity index (χ1v) is 6.61. The van der Waals surface area contributed by atoms with Crippen molar-refractivity contribution in [1.29, 1.82) is 0 Å². The number of rotatable bonds is 4. The molecule has 1 heterocycles. The molecule has 0 amide bonds. The van der Waals surface area contributed by atoms with Crippen LogP contribution in [0.25, 0.3) is 0 Å². The van der Waals surface area contributed by atoms with Crippen molar-refractivity contribution in [2.45, 2.75) is 4.90 Å². The van der Waals surface area contributed by atoms with Gasteiger partial charge < -0.3 is 10.4 Å². The minimum Gasteiger partial charge on any atom is -0.478 e. The number of halogens is 1. The zero-order valence-corrected chi connectivity index (χ0v) is 10.8. The Morgan fingerprint density at radius 3 is 2.62 bits per heavy atom. The topological polar surface area (TPSA) is 142 Å². The molecule has 0 saturated carbocycles. The summed E-state index contributed by atoms with van der Waals surface area (Å²) in [5.41, 5.74) is -0.583. The fourth-order valence-corrected chi connectivity index (χ4v) is 1.91. The Labute approximate surface area is 117 Å². The summed E-state index contributed by atoms with van der Waals surface area (Å²) in [4.78, 5) is 20.1. The number of nitrogens with zero attached hydrogens (tertiary/aromatic N) is 3. The number of carbonyl (C=O) groups is 1. The molecule has 11 heteroatoms. The minimum absolute atomic E-state index is 0.253. The lowest BCUT2D eigenvalue weighted by molar-refractivity contribution is 0.0698. The predicted octanol–water partition coefficient (Wildman–Crippen LogP) is 0.499. The average Bonchev–Trinajstić information content (AvgIpc) is 2.37. The second-order valence-electron chi connectivity index (χ2n) is 3.64. The summed E-state index contributed by atoms with van der Waals surface area (Å²) in [6.07, 6.45) is 0.771. The van der Waals surface area contributed by atoms with Crippen molar-refractivity contribution in [2.24, 2.45) is 0 Å². The molecule has 2 aromatic rings. The molecule has 0 aliphatic rings. The Hall–Kier alpha value is -2.66. The Kier molecular flexibility index (Phi) is 3.78. The van der Waals surface area contributed by atoms with E-state index in [1.165, 1.54) is 0 Å². The van der Waals surface area contributed by atoms with Gasteiger partial charge in [0, 0.05) is 0 Å². The van der Waals surface area contributed by atoms with Crippen LogP contribution in [0, 0.1) is 12.4 Å². The van der Waals surface area contributed by atoms with E-state index < -0.39 is 27.1 Å². The summed E-state index contributed by atoms with van der Waals surface area (Å²) >= 11 is 0. The lowest BCUT2D eigenvalue weighted by Crippen LogP contribution is -2.08. The van der Waals surface area contributed by atoms with Gasteiger partial charge in [0.1, 0.15) is 0 Å². The van der Waals surface area contributed by atoms with Gasteiger partial charge in [-0.25, -0.2) is 4.79 Å². The molecule has 0 aliphatic carbocycles. The van der Waals surface area contributed by atoms with Crippen molar-refractivity contribution in [3.63, 3.8) is 0 Å². The molecule has 109 valence electrons. The number of hydrogen-bond donors (Lipinski definition) is 3. The quantitative estimate of drug-likeness (QED) is 0.687. The fourth-order valence-electron chi connectivity index (χ4n) is 1.40. The highest BCUT2D eigenvalue weighted by atomic mass is 32.2. The van der Waals surface area contributed by atoms with Crippen LogP contribution in [-0.4, -0.2) is 39.0 Å². The third-order valence-corrected chi connectivity index (χ3v) is 3.11. The second kappa shape index (κ2) is 5.38. The van der Waals surface area contributed by atoms with Gasteiger partial charge in [0.15, 0.2) is 0 Å². The molecule has 0 unspecified atom stereocenters. The maximum Gasteiger partial charge on any atom is 0.337 e. The highest BCUT2D eigenvalue weighted by Crippen LogP contribution is 2.23. The number of aromatic nitrogens is 3. The number of benzene rings is 1. The lowest BCUT2D eigenvalue weighted by atomic mass is 10.2. The minimum atomic E-state index is -4.54. The Bertz CT molecular complexity index is 811. The SMILES string of the molecule is O=C(O)c1ccc(S(=O)(=O)O)cc1Nc1n[c]nc(F)n1. The largest absolute Gasteiger partial charge is 0.478 e. The third kappa shape index (κ3) is 3.46. The number of hydrogen-bond acceptors (Lipinski definition) is 7. The predicted molar refractivity (Wildman–Crippen MR) is 65.1 cm³/mol. The third-order valence-electron chi connectivity index (χ3n) is 2.26. The summed E-state index contributed by atoms with van der Waals surface area (Å²) in [6.45, 7) is 0. The highest BCUT2D eigenvalue weighted by molar-refractivity contribution is 7.85. The number of carboxylic acids is 1. The van der Waals surface area contributed by atoms with Crippen LogP contribution >= 0.6 is 0 Å². The smallest absolute Gasteiger partial charge is 0.337 e. The number of aromatic carboxylic acids is 1. The van der Waals surface area contributed by atoms with Gasteiger partial charge in [0.05, 0.1) is 16.1 Å². The summed E-state index contributed by atoms with van der Waals surface area (Å²) in [5, 5.41) is 11.3. The molecule has 1 radical (unpaired) electrons. The molecular formula is C10H6FN4O5S. The van der Waals surface area contributed by atoms with Gasteiger partial charge in [-0.2, -0.15) is 27.8 Å². The average molecular weight is 313 g/mol. The first-order chi connectivity index (χ1) is 9.77. The molecule has 0 aliphatic heterocycles. The molecule has 1 aromatic carbocycles. The van der Waals surface area contributed by atoms with Gasteiger partial charge >= 0.3 is 12.0 Å². The lowest BCUT2D eigenvalue weighted by Gasteiger charge is -2.09. The van der Waals surface area contributed by atoms with E-state index in [0.717, 1.165) is 18.2 Å². The molecule has 9 nitrogen and oxygen atoms in total. The summed E-state index contributed by atoms with van der Waals surface area (Å²) in [6, 6.07) is 2.71. The standard InChI is InChI=1S/C10H6FN4O5S/c11-9-12-4-13-10(15-9)14-7-3-5(21(18,19)20)1-2-6(7)8(16)17/h1-3H,(H,16,17)(H,18,19,20)(H,12,13,14,15). The van der Waals surface area contributed by atoms with E-state index in [9.17, 15) is 17.6 Å². The first-order valence-electron chi connectivity index (χ1n) is 5.17. The van der Waals surface area contributed by atoms with Crippen LogP contribution in [0.3, 0.4) is 0 Å². The molecule has 0 spiro atoms. The van der Waals surface area contributed by atoms with Crippen molar-refractivity contribution < 1.29 is 27.3 Å². The highest BCUT2D eigenvalue weighted by Gasteiger charge is 2.17. The van der Waals surface area contributed by atoms with Gasteiger partial charge in [0.25, 0.3) is 10.1 Å². The molecule has 2 rings (SSSR count). The van der Waals surface area contributed by atoms with E-state index in [0.29, 0.717) is 0 Å². The van der Waals surface area contributed by atoms with Crippen molar-refractivity contribution >= 4 is 27.7 Å². The van der Waals surface area contributed by atoms with Crippen LogP contribution in [0.5, 0.6) is 0 Å². The van der Waals surface area contributed by atoms with Crippen molar-refractivity contribution in [3.8, 4) is 0 Å². The normalized spacial score (nSPS) is 11.1. The van der Waals surface area contributed by atoms with Crippen LogP contribution in [0.15, 0.2) is 23.1 Å². The Morgan fingerprint density at radius 2 is 2.05 bits per heavy atom. The monoisotopic (exact) mass is 313 g/mol. The van der Waals surface area contributed by atoms with Gasteiger partial charge in [-0.3, -0.25) is 4.55 Å². The van der Waals surface area contributed by atoms with Crippen LogP contribution in [-0.2, 0) is 10.1 Å². The van der Waals surface area contributed by atoms with Crippen LogP contribution in [0.4, 0.5) is 16.0 Å². The van der Waals surface area contributed by atoms with Gasteiger partial charge in [-0.05, 0) is 18.2 Å². The van der Waals surface area contributed by atoms with E-state index in [4.69, 9.17) is 9.66 Å². The van der Waals surface area contributed by atoms with Crippen LogP contribution < -0.4 is 5.32 Å². The Balaban J connectivity index is 2.51. The molecule has 0 bridgehead atoms. The van der Waals surface area contributed by atoms with E-state index >= 15 is 0 Å². The molecule has 21 heavy (non-hydrogen) atoms. The van der Waals surface area contributed by atoms with E-state index in [1.54, 1.807) is 0 Å². The number of carboxylic acid groups (broad SMARTS) is 1. The molecular weight excluding hydrogens is 307 g/mol. The maximum absolute atomic E-state index is 12.8. The van der Waals surface area contributed by atoms with Crippen molar-refractivity contribution in [2.75, 3.05) is 5.32 Å². The zero-order valence-electron chi connectivity index (χ0n) is 9.98. The van der Waals surface area contributed by atoms with Gasteiger partial charge in [-0.1, -0.05) is 0 Å². The second-order valence-corrected chi connectivity index (χ2v) is 5.06. The molecule has 3 N–H and O–H groups in total. The molecule has 1 aromatic heterocycles. The zero-order chi connectivity index (χ0) is 15.6. The van der Waals surface area contributed by atoms with E-state index in [2.05, 4.69) is 20.3 Å². The number of anilines is 2. The molecule has 0 fully saturated rings. The van der Waals surface area contributed by atoms with Gasteiger partial charge in [0.2, 0.25) is 12.3 Å². The summed E-state index contributed by atoms with van der Waals surface area (Å²) < 4.78 is 43.8. The first kappa shape index (κ1) is 14.7. The van der Waals surface area contributed by atoms with Gasteiger partial charge in [-0.15, -0.1) is 0 Å². The summed E-state index contributed by atoms with van der Waals surface area (Å²) in [7, 11) is -4.54. The van der Waals surface area contributed by atoms with Crippen molar-refractivity contribution in [3.05, 3.63) is 36.2 Å². The fraction of sp³-hybridized carbons (Fsp3) is 0. The Morgan fingerprint density at radius 1 is 1.33 bits per heavy atom. The molecule has 0 saturated heterocycles. The van der Waals surface area contributed by atoms with E-state index in [1.807, 2.05) is 6.33 Å². The number of nitrogens with one attached hydrogen (secondary N) is 1. The summed E-state index contributed by atoms with van der Waals surface area (Å²) in [5.74, 6) is -1.75. The van der Waals surface area contributed by atoms with Crippen LogP contribution in [0.1, 0.15) is 10.4 Å². The van der Waals surface area contributed by atoms with Crippen molar-refractivity contribution in [1.82, 2.24) is 15.0 Å². The maximum atomic E-state index is 12.8. The van der Waals surface area contributed by atoms with Crippen LogP contribution in [0.2, 0.25) is 0 Å².